The molecule has 0 heterocycles. The predicted octanol–water partition coefficient (Wildman–Crippen LogP) is 3.31. The smallest absolute Gasteiger partial charge is 0.118 e. The summed E-state index contributed by atoms with van der Waals surface area (Å²) in [6, 6.07) is 7.97. The summed E-state index contributed by atoms with van der Waals surface area (Å²) >= 11 is 0. The van der Waals surface area contributed by atoms with Crippen LogP contribution >= 0.6 is 0 Å². The zero-order chi connectivity index (χ0) is 9.52. The molecule has 0 aliphatic carbocycles. The van der Waals surface area contributed by atoms with Gasteiger partial charge in [0.15, 0.2) is 0 Å². The molecule has 0 unspecified atom stereocenters. The van der Waals surface area contributed by atoms with Crippen LogP contribution in [0.4, 0.5) is 0 Å². The Balaban J connectivity index is 2.58. The van der Waals surface area contributed by atoms with Crippen LogP contribution in [0.2, 0.25) is 0 Å². The van der Waals surface area contributed by atoms with Gasteiger partial charge in [-0.25, -0.2) is 0 Å². The van der Waals surface area contributed by atoms with Crippen molar-refractivity contribution in [2.45, 2.75) is 19.8 Å². The monoisotopic (exact) mass is 175 g/mol. The van der Waals surface area contributed by atoms with Gasteiger partial charge in [-0.05, 0) is 30.2 Å². The van der Waals surface area contributed by atoms with E-state index in [1.165, 1.54) is 5.56 Å². The molecule has 0 atom stereocenters. The first-order valence-electron chi connectivity index (χ1n) is 4.57. The molecule has 1 heteroatoms. The van der Waals surface area contributed by atoms with Crippen molar-refractivity contribution in [3.63, 3.8) is 0 Å². The molecule has 0 saturated carbocycles. The van der Waals surface area contributed by atoms with E-state index in [0.29, 0.717) is 0 Å². The second-order valence-electron chi connectivity index (χ2n) is 2.87. The Morgan fingerprint density at radius 3 is 2.54 bits per heavy atom. The summed E-state index contributed by atoms with van der Waals surface area (Å²) in [7, 11) is 1.67. The standard InChI is InChI=1S/C12H15O/c1-3-4-5-6-11-7-9-12(13-2)10-8-11/h6-10H,3-4H2,1-2H3. The van der Waals surface area contributed by atoms with Gasteiger partial charge in [-0.3, -0.25) is 0 Å². The topological polar surface area (TPSA) is 9.23 Å². The fourth-order valence-electron chi connectivity index (χ4n) is 1.03. The zero-order valence-electron chi connectivity index (χ0n) is 8.21. The number of rotatable bonds is 4. The van der Waals surface area contributed by atoms with E-state index in [1.54, 1.807) is 7.11 Å². The molecule has 0 spiro atoms. The number of unbranched alkanes of at least 4 members (excludes halogenated alkanes) is 1. The van der Waals surface area contributed by atoms with Crippen LogP contribution in [-0.4, -0.2) is 7.11 Å². The Hall–Kier alpha value is -1.24. The maximum Gasteiger partial charge on any atom is 0.118 e. The average molecular weight is 175 g/mol. The Kier molecular flexibility index (Phi) is 4.10. The van der Waals surface area contributed by atoms with Crippen molar-refractivity contribution >= 4 is 6.08 Å². The number of hydrogen-bond donors (Lipinski definition) is 0. The molecule has 0 aliphatic rings. The summed E-state index contributed by atoms with van der Waals surface area (Å²) < 4.78 is 5.06. The second kappa shape index (κ2) is 5.41. The lowest BCUT2D eigenvalue weighted by Gasteiger charge is -1.98. The van der Waals surface area contributed by atoms with Crippen molar-refractivity contribution in [3.8, 4) is 5.75 Å². The third-order valence-corrected chi connectivity index (χ3v) is 1.78. The van der Waals surface area contributed by atoms with Crippen molar-refractivity contribution < 1.29 is 4.74 Å². The first-order valence-corrected chi connectivity index (χ1v) is 4.57. The predicted molar refractivity (Wildman–Crippen MR) is 55.6 cm³/mol. The van der Waals surface area contributed by atoms with Crippen LogP contribution in [0, 0.1) is 6.08 Å². The Labute approximate surface area is 80.0 Å². The summed E-state index contributed by atoms with van der Waals surface area (Å²) in [5.41, 5.74) is 1.18. The van der Waals surface area contributed by atoms with Gasteiger partial charge in [0.1, 0.15) is 5.75 Å². The Bertz CT molecular complexity index is 259. The average Bonchev–Trinajstić information content (AvgIpc) is 2.19. The van der Waals surface area contributed by atoms with Crippen LogP contribution in [0.25, 0.3) is 6.08 Å². The molecule has 13 heavy (non-hydrogen) atoms. The van der Waals surface area contributed by atoms with Gasteiger partial charge >= 0.3 is 0 Å². The third-order valence-electron chi connectivity index (χ3n) is 1.78. The van der Waals surface area contributed by atoms with Crippen molar-refractivity contribution in [2.75, 3.05) is 7.11 Å². The van der Waals surface area contributed by atoms with E-state index in [2.05, 4.69) is 13.0 Å². The summed E-state index contributed by atoms with van der Waals surface area (Å²) in [5.74, 6) is 0.896. The van der Waals surface area contributed by atoms with Crippen LogP contribution < -0.4 is 4.74 Å². The van der Waals surface area contributed by atoms with Crippen LogP contribution in [0.3, 0.4) is 0 Å². The van der Waals surface area contributed by atoms with E-state index in [4.69, 9.17) is 4.74 Å². The second-order valence-corrected chi connectivity index (χ2v) is 2.87. The number of allylic oxidation sites excluding steroid dienone is 1. The van der Waals surface area contributed by atoms with Gasteiger partial charge in [0.2, 0.25) is 0 Å². The lowest BCUT2D eigenvalue weighted by atomic mass is 10.2. The minimum absolute atomic E-state index is 0.896. The van der Waals surface area contributed by atoms with Gasteiger partial charge in [0.25, 0.3) is 0 Å². The Morgan fingerprint density at radius 2 is 2.00 bits per heavy atom. The SMILES string of the molecule is CCC[C]=Cc1ccc(OC)cc1. The quantitative estimate of drug-likeness (QED) is 0.682. The highest BCUT2D eigenvalue weighted by molar-refractivity contribution is 5.48. The van der Waals surface area contributed by atoms with Gasteiger partial charge in [0, 0.05) is 0 Å². The molecule has 0 bridgehead atoms. The van der Waals surface area contributed by atoms with Gasteiger partial charge < -0.3 is 4.74 Å². The molecule has 0 aliphatic heterocycles. The zero-order valence-corrected chi connectivity index (χ0v) is 8.21. The van der Waals surface area contributed by atoms with Gasteiger partial charge in [0.05, 0.1) is 7.11 Å². The van der Waals surface area contributed by atoms with E-state index in [1.807, 2.05) is 30.3 Å². The van der Waals surface area contributed by atoms with Crippen molar-refractivity contribution in [1.82, 2.24) is 0 Å². The van der Waals surface area contributed by atoms with Gasteiger partial charge in [-0.1, -0.05) is 31.6 Å². The van der Waals surface area contributed by atoms with Crippen molar-refractivity contribution in [1.29, 1.82) is 0 Å². The van der Waals surface area contributed by atoms with E-state index in [0.717, 1.165) is 18.6 Å². The van der Waals surface area contributed by atoms with Crippen molar-refractivity contribution in [3.05, 3.63) is 35.9 Å². The molecule has 1 nitrogen and oxygen atoms in total. The van der Waals surface area contributed by atoms with E-state index in [9.17, 15) is 0 Å². The molecule has 0 aromatic heterocycles. The summed E-state index contributed by atoms with van der Waals surface area (Å²) in [5, 5.41) is 0. The van der Waals surface area contributed by atoms with Crippen LogP contribution in [0.5, 0.6) is 5.75 Å². The largest absolute Gasteiger partial charge is 0.497 e. The summed E-state index contributed by atoms with van der Waals surface area (Å²) in [6.45, 7) is 2.15. The molecular weight excluding hydrogens is 160 g/mol. The first-order chi connectivity index (χ1) is 6.36. The highest BCUT2D eigenvalue weighted by atomic mass is 16.5. The molecule has 1 aromatic rings. The van der Waals surface area contributed by atoms with E-state index >= 15 is 0 Å². The molecule has 0 N–H and O–H groups in total. The molecule has 0 fully saturated rings. The van der Waals surface area contributed by atoms with Crippen LogP contribution in [0.1, 0.15) is 25.3 Å². The fourth-order valence-corrected chi connectivity index (χ4v) is 1.03. The number of benzene rings is 1. The van der Waals surface area contributed by atoms with E-state index in [-0.39, 0.29) is 0 Å². The van der Waals surface area contributed by atoms with Gasteiger partial charge in [-0.2, -0.15) is 0 Å². The summed E-state index contributed by atoms with van der Waals surface area (Å²) in [4.78, 5) is 0. The number of methoxy groups -OCH3 is 1. The number of hydrogen-bond acceptors (Lipinski definition) is 1. The van der Waals surface area contributed by atoms with E-state index < -0.39 is 0 Å². The first kappa shape index (κ1) is 9.85. The third kappa shape index (κ3) is 3.32. The highest BCUT2D eigenvalue weighted by Crippen LogP contribution is 2.12. The molecular formula is C12H15O. The minimum Gasteiger partial charge on any atom is -0.497 e. The van der Waals surface area contributed by atoms with Gasteiger partial charge in [-0.15, -0.1) is 0 Å². The number of ether oxygens (including phenoxy) is 1. The molecule has 0 amide bonds. The maximum absolute atomic E-state index is 5.06. The maximum atomic E-state index is 5.06. The fraction of sp³-hybridized carbons (Fsp3) is 0.333. The van der Waals surface area contributed by atoms with Crippen molar-refractivity contribution in [2.24, 2.45) is 0 Å². The Morgan fingerprint density at radius 1 is 1.31 bits per heavy atom. The van der Waals surface area contributed by atoms with Crippen LogP contribution in [-0.2, 0) is 0 Å². The van der Waals surface area contributed by atoms with Crippen LogP contribution in [0.15, 0.2) is 24.3 Å². The highest BCUT2D eigenvalue weighted by Gasteiger charge is 1.89. The molecule has 69 valence electrons. The molecule has 1 aromatic carbocycles. The molecule has 1 radical (unpaired) electrons. The minimum atomic E-state index is 0.896. The molecule has 1 rings (SSSR count). The molecule has 0 saturated heterocycles. The normalized spacial score (nSPS) is 10.6. The lowest BCUT2D eigenvalue weighted by molar-refractivity contribution is 0.415. The summed E-state index contributed by atoms with van der Waals surface area (Å²) in [6.07, 6.45) is 7.41. The lowest BCUT2D eigenvalue weighted by Crippen LogP contribution is -1.81.